The average Bonchev–Trinajstić information content (AvgIpc) is 3.82. The van der Waals surface area contributed by atoms with Crippen molar-refractivity contribution < 1.29 is 29.5 Å². The molecule has 2 aromatic heterocycles. The molecule has 8 atom stereocenters. The lowest BCUT2D eigenvalue weighted by molar-refractivity contribution is -0.186. The van der Waals surface area contributed by atoms with Crippen LogP contribution in [0.15, 0.2) is 97.3 Å². The zero-order valence-corrected chi connectivity index (χ0v) is 26.5. The van der Waals surface area contributed by atoms with Gasteiger partial charge in [-0.05, 0) is 11.1 Å². The summed E-state index contributed by atoms with van der Waals surface area (Å²) in [6, 6.07) is 26.7. The summed E-state index contributed by atoms with van der Waals surface area (Å²) < 4.78 is 21.3. The zero-order chi connectivity index (χ0) is 32.3. The number of aliphatic hydroxyl groups excluding tert-OH is 3. The number of benzene rings is 3. The molecule has 3 aromatic carbocycles. The van der Waals surface area contributed by atoms with E-state index in [0.717, 1.165) is 22.3 Å². The quantitative estimate of drug-likeness (QED) is 0.215. The first kappa shape index (κ1) is 31.6. The summed E-state index contributed by atoms with van der Waals surface area (Å²) in [5.74, 6) is 0. The van der Waals surface area contributed by atoms with Gasteiger partial charge in [0.2, 0.25) is 0 Å². The molecule has 2 aliphatic heterocycles. The Hall–Kier alpha value is -3.95. The molecule has 2 fully saturated rings. The van der Waals surface area contributed by atoms with Gasteiger partial charge in [-0.25, -0.2) is 9.36 Å². The molecule has 0 unspecified atom stereocenters. The van der Waals surface area contributed by atoms with Crippen molar-refractivity contribution in [2.24, 2.45) is 0 Å². The Labute approximate surface area is 275 Å². The Morgan fingerprint density at radius 2 is 1.34 bits per heavy atom. The summed E-state index contributed by atoms with van der Waals surface area (Å²) in [6.07, 6.45) is -0.0269. The van der Waals surface area contributed by atoms with Crippen molar-refractivity contribution in [2.45, 2.75) is 47.2 Å². The second kappa shape index (κ2) is 14.0. The van der Waals surface area contributed by atoms with Crippen molar-refractivity contribution in [3.63, 3.8) is 0 Å². The number of ether oxygens (including phenoxy) is 3. The number of nitrogens with zero attached hydrogens (tertiary/aromatic N) is 6. The van der Waals surface area contributed by atoms with Crippen molar-refractivity contribution >= 4 is 11.8 Å². The van der Waals surface area contributed by atoms with Crippen LogP contribution >= 0.6 is 11.8 Å². The lowest BCUT2D eigenvalue weighted by Crippen LogP contribution is -2.56. The van der Waals surface area contributed by atoms with E-state index in [1.165, 1.54) is 18.9 Å². The summed E-state index contributed by atoms with van der Waals surface area (Å²) in [4.78, 5) is 0. The van der Waals surface area contributed by atoms with Crippen LogP contribution in [0, 0.1) is 0 Å². The first-order valence-corrected chi connectivity index (χ1v) is 16.4. The minimum absolute atomic E-state index is 0.266. The third-order valence-corrected chi connectivity index (χ3v) is 10.2. The van der Waals surface area contributed by atoms with Crippen LogP contribution in [0.1, 0.15) is 12.1 Å². The minimum atomic E-state index is -1.14. The van der Waals surface area contributed by atoms with Crippen LogP contribution in [-0.4, -0.2) is 107 Å². The van der Waals surface area contributed by atoms with Crippen LogP contribution < -0.4 is 0 Å². The van der Waals surface area contributed by atoms with Gasteiger partial charge in [0.15, 0.2) is 0 Å². The fourth-order valence-corrected chi connectivity index (χ4v) is 7.69. The molecule has 7 rings (SSSR count). The number of methoxy groups -OCH3 is 1. The molecule has 0 spiro atoms. The van der Waals surface area contributed by atoms with Crippen LogP contribution in [0.5, 0.6) is 0 Å². The van der Waals surface area contributed by atoms with E-state index in [9.17, 15) is 15.3 Å². The predicted octanol–water partition coefficient (Wildman–Crippen LogP) is 3.24. The summed E-state index contributed by atoms with van der Waals surface area (Å²) >= 11 is 1.34. The van der Waals surface area contributed by atoms with Gasteiger partial charge in [-0.3, -0.25) is 0 Å². The van der Waals surface area contributed by atoms with Crippen LogP contribution in [-0.2, 0) is 14.2 Å². The van der Waals surface area contributed by atoms with E-state index in [0.29, 0.717) is 11.4 Å². The van der Waals surface area contributed by atoms with Gasteiger partial charge >= 0.3 is 0 Å². The first-order chi connectivity index (χ1) is 23.0. The summed E-state index contributed by atoms with van der Waals surface area (Å²) in [6.45, 7) is 0.118. The van der Waals surface area contributed by atoms with Crippen molar-refractivity contribution in [1.29, 1.82) is 0 Å². The summed E-state index contributed by atoms with van der Waals surface area (Å²) in [7, 11) is 1.54. The van der Waals surface area contributed by atoms with E-state index < -0.39 is 53.8 Å². The number of aliphatic hydroxyl groups is 3. The SMILES string of the molecule is CO[C@@H]1[C@@H](n2cc(-c3ccc(-c4ccccc4)cc3)nn2)[C@@H](O)[C@@H](CO)O[C@H]1S[C@@H]1COC[C@H](n2cc(-c3ccccc3)nn2)[C@H]1O. The van der Waals surface area contributed by atoms with Crippen molar-refractivity contribution in [3.05, 3.63) is 97.3 Å². The summed E-state index contributed by atoms with van der Waals surface area (Å²) in [5.41, 5.74) is 4.65. The molecule has 0 saturated carbocycles. The lowest BCUT2D eigenvalue weighted by atomic mass is 9.97. The number of rotatable bonds is 9. The van der Waals surface area contributed by atoms with E-state index in [2.05, 4.69) is 32.8 Å². The molecular weight excluding hydrogens is 620 g/mol. The molecule has 4 heterocycles. The zero-order valence-electron chi connectivity index (χ0n) is 25.6. The number of hydrogen-bond acceptors (Lipinski definition) is 11. The molecule has 2 aliphatic rings. The van der Waals surface area contributed by atoms with Crippen molar-refractivity contribution in [1.82, 2.24) is 30.0 Å². The Morgan fingerprint density at radius 3 is 2.00 bits per heavy atom. The van der Waals surface area contributed by atoms with Gasteiger partial charge < -0.3 is 29.5 Å². The van der Waals surface area contributed by atoms with Crippen LogP contribution in [0.2, 0.25) is 0 Å². The second-order valence-electron chi connectivity index (χ2n) is 11.7. The van der Waals surface area contributed by atoms with Crippen molar-refractivity contribution in [3.8, 4) is 33.6 Å². The van der Waals surface area contributed by atoms with E-state index in [4.69, 9.17) is 14.2 Å². The highest BCUT2D eigenvalue weighted by molar-refractivity contribution is 8.00. The molecule has 3 N–H and O–H groups in total. The molecule has 13 heteroatoms. The maximum Gasteiger partial charge on any atom is 0.132 e. The predicted molar refractivity (Wildman–Crippen MR) is 175 cm³/mol. The standard InChI is InChI=1S/C34H36N6O6S/c1-44-33-30(40-17-26(36-38-40)24-14-12-22(13-15-24)21-8-4-2-5-9-21)32(43)28(18-41)46-34(33)47-29-20-45-19-27(31(29)42)39-16-25(35-37-39)23-10-6-3-7-11-23/h2-17,27-34,41-43H,18-20H2,1H3/t27-,28+,29+,30-,31+,32-,33+,34-/m0/s1. The molecule has 47 heavy (non-hydrogen) atoms. The van der Waals surface area contributed by atoms with E-state index in [1.54, 1.807) is 21.8 Å². The largest absolute Gasteiger partial charge is 0.394 e. The molecule has 2 saturated heterocycles. The fourth-order valence-electron chi connectivity index (χ4n) is 6.20. The highest BCUT2D eigenvalue weighted by Crippen LogP contribution is 2.41. The first-order valence-electron chi connectivity index (χ1n) is 15.5. The van der Waals surface area contributed by atoms with Gasteiger partial charge in [0, 0.05) is 18.2 Å². The minimum Gasteiger partial charge on any atom is -0.394 e. The molecule has 0 aliphatic carbocycles. The smallest absolute Gasteiger partial charge is 0.132 e. The molecule has 0 bridgehead atoms. The van der Waals surface area contributed by atoms with E-state index in [1.807, 2.05) is 72.8 Å². The maximum absolute atomic E-state index is 11.5. The third-order valence-electron chi connectivity index (χ3n) is 8.77. The van der Waals surface area contributed by atoms with Gasteiger partial charge in [0.25, 0.3) is 0 Å². The van der Waals surface area contributed by atoms with Gasteiger partial charge in [-0.15, -0.1) is 22.0 Å². The Bertz CT molecular complexity index is 1740. The Balaban J connectivity index is 1.09. The van der Waals surface area contributed by atoms with Crippen LogP contribution in [0.25, 0.3) is 33.6 Å². The highest BCUT2D eigenvalue weighted by atomic mass is 32.2. The Morgan fingerprint density at radius 1 is 0.766 bits per heavy atom. The van der Waals surface area contributed by atoms with Crippen LogP contribution in [0.4, 0.5) is 0 Å². The molecule has 12 nitrogen and oxygen atoms in total. The number of aromatic nitrogens is 6. The van der Waals surface area contributed by atoms with Gasteiger partial charge in [-0.2, -0.15) is 0 Å². The monoisotopic (exact) mass is 656 g/mol. The molecule has 0 radical (unpaired) electrons. The van der Waals surface area contributed by atoms with E-state index >= 15 is 0 Å². The lowest BCUT2D eigenvalue weighted by Gasteiger charge is -2.45. The van der Waals surface area contributed by atoms with Crippen LogP contribution in [0.3, 0.4) is 0 Å². The van der Waals surface area contributed by atoms with Gasteiger partial charge in [0.1, 0.15) is 47.2 Å². The van der Waals surface area contributed by atoms with Gasteiger partial charge in [-0.1, -0.05) is 95.4 Å². The molecule has 244 valence electrons. The Kier molecular flexibility index (Phi) is 9.45. The highest BCUT2D eigenvalue weighted by Gasteiger charge is 2.49. The van der Waals surface area contributed by atoms with E-state index in [-0.39, 0.29) is 13.2 Å². The normalized spacial score (nSPS) is 27.9. The third kappa shape index (κ3) is 6.48. The van der Waals surface area contributed by atoms with Crippen molar-refractivity contribution in [2.75, 3.05) is 26.9 Å². The molecule has 5 aromatic rings. The average molecular weight is 657 g/mol. The molecule has 0 amide bonds. The maximum atomic E-state index is 11.5. The summed E-state index contributed by atoms with van der Waals surface area (Å²) in [5, 5.41) is 50.0. The number of thioether (sulfide) groups is 1. The topological polar surface area (TPSA) is 150 Å². The number of hydrogen-bond donors (Lipinski definition) is 3. The van der Waals surface area contributed by atoms with Gasteiger partial charge in [0.05, 0.1) is 43.6 Å². The second-order valence-corrected chi connectivity index (χ2v) is 13.0. The molecular formula is C34H36N6O6S. The fraction of sp³-hybridized carbons (Fsp3) is 0.353.